The van der Waals surface area contributed by atoms with Gasteiger partial charge in [-0.05, 0) is 24.0 Å². The van der Waals surface area contributed by atoms with Crippen molar-refractivity contribution < 1.29 is 9.90 Å². The van der Waals surface area contributed by atoms with Gasteiger partial charge in [-0.1, -0.05) is 6.07 Å². The van der Waals surface area contributed by atoms with Crippen molar-refractivity contribution in [3.8, 4) is 0 Å². The Balaban J connectivity index is 2.60. The minimum Gasteiger partial charge on any atom is -0.481 e. The van der Waals surface area contributed by atoms with Crippen LogP contribution in [0.5, 0.6) is 0 Å². The van der Waals surface area contributed by atoms with Gasteiger partial charge in [-0.25, -0.2) is 0 Å². The maximum absolute atomic E-state index is 10.7. The fourth-order valence-corrected chi connectivity index (χ4v) is 2.35. The van der Waals surface area contributed by atoms with Crippen LogP contribution < -0.4 is 0 Å². The smallest absolute Gasteiger partial charge is 0.307 e. The Hall–Kier alpha value is -1.42. The molecule has 0 atom stereocenters. The number of hydrogen-bond acceptors (Lipinski definition) is 2. The Morgan fingerprint density at radius 2 is 2.33 bits per heavy atom. The lowest BCUT2D eigenvalue weighted by molar-refractivity contribution is -0.136. The van der Waals surface area contributed by atoms with E-state index in [-0.39, 0.29) is 6.42 Å². The fraction of sp³-hybridized carbons (Fsp3) is 0.182. The van der Waals surface area contributed by atoms with Crippen LogP contribution in [0.4, 0.5) is 0 Å². The molecule has 0 unspecified atom stereocenters. The van der Waals surface area contributed by atoms with Gasteiger partial charge in [0.1, 0.15) is 0 Å². The van der Waals surface area contributed by atoms with Crippen molar-refractivity contribution in [1.29, 1.82) is 0 Å². The number of carboxylic acid groups (broad SMARTS) is 1. The Kier molecular flexibility index (Phi) is 2.68. The van der Waals surface area contributed by atoms with Gasteiger partial charge in [0.2, 0.25) is 0 Å². The van der Waals surface area contributed by atoms with E-state index in [2.05, 4.69) is 4.98 Å². The van der Waals surface area contributed by atoms with Crippen LogP contribution in [0, 0.1) is 0 Å². The molecule has 0 bridgehead atoms. The number of thioether (sulfide) groups is 1. The van der Waals surface area contributed by atoms with Crippen LogP contribution in [0.15, 0.2) is 29.3 Å². The van der Waals surface area contributed by atoms with Gasteiger partial charge in [-0.2, -0.15) is 0 Å². The molecule has 0 saturated heterocycles. The molecule has 0 amide bonds. The molecule has 2 N–H and O–H groups in total. The second kappa shape index (κ2) is 3.98. The van der Waals surface area contributed by atoms with Crippen molar-refractivity contribution in [2.75, 3.05) is 6.26 Å². The molecule has 2 aromatic rings. The number of carboxylic acids is 1. The summed E-state index contributed by atoms with van der Waals surface area (Å²) in [6.07, 6.45) is 3.84. The van der Waals surface area contributed by atoms with E-state index in [4.69, 9.17) is 5.11 Å². The molecule has 0 aliphatic carbocycles. The lowest BCUT2D eigenvalue weighted by Gasteiger charge is -2.01. The number of nitrogens with one attached hydrogen (secondary N) is 1. The Morgan fingerprint density at radius 3 is 3.00 bits per heavy atom. The van der Waals surface area contributed by atoms with Gasteiger partial charge in [0.25, 0.3) is 0 Å². The molecular formula is C11H11NO2S. The SMILES string of the molecule is CSc1cccc2[nH]cc(CC(=O)O)c12. The third kappa shape index (κ3) is 1.85. The molecule has 1 aromatic carbocycles. The van der Waals surface area contributed by atoms with E-state index in [0.717, 1.165) is 21.4 Å². The van der Waals surface area contributed by atoms with Crippen molar-refractivity contribution in [3.05, 3.63) is 30.0 Å². The second-order valence-electron chi connectivity index (χ2n) is 3.27. The predicted octanol–water partition coefficient (Wildman–Crippen LogP) is 2.52. The van der Waals surface area contributed by atoms with Gasteiger partial charge in [-0.3, -0.25) is 4.79 Å². The van der Waals surface area contributed by atoms with Crippen molar-refractivity contribution >= 4 is 28.6 Å². The largest absolute Gasteiger partial charge is 0.481 e. The molecule has 0 fully saturated rings. The summed E-state index contributed by atoms with van der Waals surface area (Å²) in [4.78, 5) is 14.9. The number of aliphatic carboxylic acids is 1. The fourth-order valence-electron chi connectivity index (χ4n) is 1.69. The number of rotatable bonds is 3. The molecule has 4 heteroatoms. The van der Waals surface area contributed by atoms with E-state index in [1.165, 1.54) is 0 Å². The summed E-state index contributed by atoms with van der Waals surface area (Å²) in [5.74, 6) is -0.799. The molecule has 3 nitrogen and oxygen atoms in total. The van der Waals surface area contributed by atoms with E-state index < -0.39 is 5.97 Å². The summed E-state index contributed by atoms with van der Waals surface area (Å²) in [6, 6.07) is 5.93. The monoisotopic (exact) mass is 221 g/mol. The van der Waals surface area contributed by atoms with Crippen molar-refractivity contribution in [1.82, 2.24) is 4.98 Å². The van der Waals surface area contributed by atoms with Gasteiger partial charge in [-0.15, -0.1) is 11.8 Å². The average molecular weight is 221 g/mol. The van der Waals surface area contributed by atoms with E-state index in [1.807, 2.05) is 24.5 Å². The number of aromatic amines is 1. The van der Waals surface area contributed by atoms with Gasteiger partial charge < -0.3 is 10.1 Å². The summed E-state index contributed by atoms with van der Waals surface area (Å²) < 4.78 is 0. The minimum absolute atomic E-state index is 0.0670. The van der Waals surface area contributed by atoms with Gasteiger partial charge >= 0.3 is 5.97 Å². The topological polar surface area (TPSA) is 53.1 Å². The first kappa shape index (κ1) is 10.1. The van der Waals surface area contributed by atoms with E-state index in [1.54, 1.807) is 18.0 Å². The second-order valence-corrected chi connectivity index (χ2v) is 4.12. The molecule has 15 heavy (non-hydrogen) atoms. The van der Waals surface area contributed by atoms with E-state index in [0.29, 0.717) is 0 Å². The molecule has 2 rings (SSSR count). The summed E-state index contributed by atoms with van der Waals surface area (Å²) in [5, 5.41) is 9.82. The number of hydrogen-bond donors (Lipinski definition) is 2. The van der Waals surface area contributed by atoms with Gasteiger partial charge in [0.05, 0.1) is 6.42 Å². The van der Waals surface area contributed by atoms with Gasteiger partial charge in [0.15, 0.2) is 0 Å². The highest BCUT2D eigenvalue weighted by Gasteiger charge is 2.10. The van der Waals surface area contributed by atoms with E-state index >= 15 is 0 Å². The van der Waals surface area contributed by atoms with Crippen molar-refractivity contribution in [2.24, 2.45) is 0 Å². The number of H-pyrrole nitrogens is 1. The predicted molar refractivity (Wildman–Crippen MR) is 61.4 cm³/mol. The van der Waals surface area contributed by atoms with Crippen LogP contribution in [0.1, 0.15) is 5.56 Å². The Bertz CT molecular complexity index is 504. The maximum Gasteiger partial charge on any atom is 0.307 e. The quantitative estimate of drug-likeness (QED) is 0.783. The molecule has 0 aliphatic rings. The van der Waals surface area contributed by atoms with Gasteiger partial charge in [0, 0.05) is 22.0 Å². The summed E-state index contributed by atoms with van der Waals surface area (Å²) in [5.41, 5.74) is 1.85. The van der Waals surface area contributed by atoms with Crippen molar-refractivity contribution in [3.63, 3.8) is 0 Å². The zero-order chi connectivity index (χ0) is 10.8. The van der Waals surface area contributed by atoms with Crippen LogP contribution in [0.3, 0.4) is 0 Å². The van der Waals surface area contributed by atoms with Crippen LogP contribution in [0.2, 0.25) is 0 Å². The summed E-state index contributed by atoms with van der Waals surface area (Å²) in [6.45, 7) is 0. The minimum atomic E-state index is -0.799. The normalized spacial score (nSPS) is 10.7. The lowest BCUT2D eigenvalue weighted by Crippen LogP contribution is -1.99. The zero-order valence-corrected chi connectivity index (χ0v) is 9.10. The summed E-state index contributed by atoms with van der Waals surface area (Å²) in [7, 11) is 0. The van der Waals surface area contributed by atoms with Crippen LogP contribution in [0.25, 0.3) is 10.9 Å². The first-order valence-electron chi connectivity index (χ1n) is 4.57. The highest BCUT2D eigenvalue weighted by molar-refractivity contribution is 7.98. The Labute approximate surface area is 91.5 Å². The molecule has 78 valence electrons. The highest BCUT2D eigenvalue weighted by atomic mass is 32.2. The number of benzene rings is 1. The molecule has 0 radical (unpaired) electrons. The molecule has 1 heterocycles. The third-order valence-electron chi connectivity index (χ3n) is 2.31. The molecular weight excluding hydrogens is 210 g/mol. The molecule has 0 saturated carbocycles. The van der Waals surface area contributed by atoms with E-state index in [9.17, 15) is 4.79 Å². The lowest BCUT2D eigenvalue weighted by atomic mass is 10.1. The van der Waals surface area contributed by atoms with Crippen LogP contribution in [-0.4, -0.2) is 22.3 Å². The number of carbonyl (C=O) groups is 1. The standard InChI is InChI=1S/C11H11NO2S/c1-15-9-4-2-3-8-11(9)7(6-12-8)5-10(13)14/h2-4,6,12H,5H2,1H3,(H,13,14). The molecule has 0 aliphatic heterocycles. The Morgan fingerprint density at radius 1 is 1.53 bits per heavy atom. The van der Waals surface area contributed by atoms with Crippen molar-refractivity contribution in [2.45, 2.75) is 11.3 Å². The average Bonchev–Trinajstić information content (AvgIpc) is 2.61. The highest BCUT2D eigenvalue weighted by Crippen LogP contribution is 2.29. The maximum atomic E-state index is 10.7. The number of aromatic nitrogens is 1. The number of fused-ring (bicyclic) bond motifs is 1. The molecule has 0 spiro atoms. The van der Waals surface area contributed by atoms with Crippen LogP contribution >= 0.6 is 11.8 Å². The van der Waals surface area contributed by atoms with Crippen LogP contribution in [-0.2, 0) is 11.2 Å². The molecule has 1 aromatic heterocycles. The zero-order valence-electron chi connectivity index (χ0n) is 8.28. The third-order valence-corrected chi connectivity index (χ3v) is 3.09. The first-order valence-corrected chi connectivity index (χ1v) is 5.79. The summed E-state index contributed by atoms with van der Waals surface area (Å²) >= 11 is 1.63. The first-order chi connectivity index (χ1) is 7.22.